The van der Waals surface area contributed by atoms with Crippen LogP contribution < -0.4 is 11.8 Å². The van der Waals surface area contributed by atoms with Crippen molar-refractivity contribution in [2.24, 2.45) is 17.7 Å². The summed E-state index contributed by atoms with van der Waals surface area (Å²) >= 11 is 0. The van der Waals surface area contributed by atoms with Crippen LogP contribution in [0.2, 0.25) is 0 Å². The van der Waals surface area contributed by atoms with Gasteiger partial charge in [0.25, 0.3) is 0 Å². The van der Waals surface area contributed by atoms with E-state index >= 15 is 0 Å². The fourth-order valence-corrected chi connectivity index (χ4v) is 1.19. The Hall–Kier alpha value is -0.200. The summed E-state index contributed by atoms with van der Waals surface area (Å²) in [5.74, 6) is 10.4. The topological polar surface area (TPSA) is 79.7 Å². The van der Waals surface area contributed by atoms with Gasteiger partial charge in [-0.3, -0.25) is 9.68 Å². The fourth-order valence-electron chi connectivity index (χ4n) is 1.19. The van der Waals surface area contributed by atoms with E-state index in [2.05, 4.69) is 16.6 Å². The van der Waals surface area contributed by atoms with Gasteiger partial charge in [0.1, 0.15) is 6.10 Å². The molecule has 0 aliphatic carbocycles. The highest BCUT2D eigenvalue weighted by Gasteiger charge is 2.30. The second-order valence-electron chi connectivity index (χ2n) is 2.85. The average molecular weight is 162 g/mol. The minimum Gasteiger partial charge on any atom is -0.348 e. The standard InChI is InChI=1S/C6H14N2O3/c1-4-2-5(10-7)6(11-8)9-3-4/h4-6H,2-3,7-8H2,1H3/t4-,5?,6-/m0/s1. The number of nitrogens with two attached hydrogens (primary N) is 2. The maximum atomic E-state index is 5.19. The van der Waals surface area contributed by atoms with Gasteiger partial charge < -0.3 is 4.74 Å². The van der Waals surface area contributed by atoms with Crippen molar-refractivity contribution in [3.05, 3.63) is 0 Å². The molecule has 5 nitrogen and oxygen atoms in total. The molecule has 0 amide bonds. The van der Waals surface area contributed by atoms with Crippen LogP contribution in [-0.2, 0) is 14.4 Å². The van der Waals surface area contributed by atoms with Crippen molar-refractivity contribution in [2.45, 2.75) is 25.7 Å². The van der Waals surface area contributed by atoms with Crippen molar-refractivity contribution in [3.8, 4) is 0 Å². The highest BCUT2D eigenvalue weighted by molar-refractivity contribution is 4.71. The van der Waals surface area contributed by atoms with Gasteiger partial charge in [0.15, 0.2) is 0 Å². The molecule has 0 radical (unpaired) electrons. The molecule has 1 aliphatic heterocycles. The number of hydrogen-bond donors (Lipinski definition) is 2. The Morgan fingerprint density at radius 3 is 2.64 bits per heavy atom. The van der Waals surface area contributed by atoms with Gasteiger partial charge in [0.05, 0.1) is 6.61 Å². The van der Waals surface area contributed by atoms with Gasteiger partial charge in [-0.15, -0.1) is 0 Å². The Labute approximate surface area is 65.5 Å². The van der Waals surface area contributed by atoms with Crippen LogP contribution in [0.15, 0.2) is 0 Å². The molecule has 1 aliphatic rings. The van der Waals surface area contributed by atoms with E-state index in [9.17, 15) is 0 Å². The zero-order valence-electron chi connectivity index (χ0n) is 6.53. The van der Waals surface area contributed by atoms with Crippen LogP contribution in [0.3, 0.4) is 0 Å². The van der Waals surface area contributed by atoms with Crippen molar-refractivity contribution in [3.63, 3.8) is 0 Å². The summed E-state index contributed by atoms with van der Waals surface area (Å²) < 4.78 is 5.19. The molecular formula is C6H14N2O3. The second kappa shape index (κ2) is 3.99. The van der Waals surface area contributed by atoms with E-state index in [0.29, 0.717) is 12.5 Å². The van der Waals surface area contributed by atoms with E-state index in [1.165, 1.54) is 0 Å². The van der Waals surface area contributed by atoms with Gasteiger partial charge in [-0.25, -0.2) is 11.8 Å². The zero-order valence-corrected chi connectivity index (χ0v) is 6.53. The molecule has 0 aromatic carbocycles. The fraction of sp³-hybridized carbons (Fsp3) is 1.00. The summed E-state index contributed by atoms with van der Waals surface area (Å²) in [5, 5.41) is 0. The van der Waals surface area contributed by atoms with Crippen LogP contribution in [0, 0.1) is 5.92 Å². The third-order valence-corrected chi connectivity index (χ3v) is 1.79. The molecule has 1 fully saturated rings. The lowest BCUT2D eigenvalue weighted by Gasteiger charge is -2.31. The van der Waals surface area contributed by atoms with Crippen molar-refractivity contribution >= 4 is 0 Å². The lowest BCUT2D eigenvalue weighted by Crippen LogP contribution is -2.43. The van der Waals surface area contributed by atoms with Crippen molar-refractivity contribution in [1.29, 1.82) is 0 Å². The monoisotopic (exact) mass is 162 g/mol. The van der Waals surface area contributed by atoms with Crippen LogP contribution in [0.5, 0.6) is 0 Å². The smallest absolute Gasteiger partial charge is 0.205 e. The van der Waals surface area contributed by atoms with E-state index in [4.69, 9.17) is 16.5 Å². The largest absolute Gasteiger partial charge is 0.348 e. The van der Waals surface area contributed by atoms with Crippen molar-refractivity contribution < 1.29 is 14.4 Å². The Kier molecular flexibility index (Phi) is 3.22. The Morgan fingerprint density at radius 2 is 2.09 bits per heavy atom. The van der Waals surface area contributed by atoms with Crippen LogP contribution >= 0.6 is 0 Å². The third kappa shape index (κ3) is 2.11. The van der Waals surface area contributed by atoms with Gasteiger partial charge in [-0.05, 0) is 12.3 Å². The first-order valence-electron chi connectivity index (χ1n) is 3.60. The Bertz CT molecular complexity index is 122. The first-order valence-corrected chi connectivity index (χ1v) is 3.60. The highest BCUT2D eigenvalue weighted by Crippen LogP contribution is 2.20. The molecule has 0 bridgehead atoms. The number of ether oxygens (including phenoxy) is 1. The van der Waals surface area contributed by atoms with Gasteiger partial charge in [0, 0.05) is 0 Å². The Morgan fingerprint density at radius 1 is 1.36 bits per heavy atom. The molecule has 1 unspecified atom stereocenters. The summed E-state index contributed by atoms with van der Waals surface area (Å²) in [6, 6.07) is 0. The molecule has 4 N–H and O–H groups in total. The quantitative estimate of drug-likeness (QED) is 0.536. The number of hydrogen-bond acceptors (Lipinski definition) is 5. The maximum absolute atomic E-state index is 5.19. The van der Waals surface area contributed by atoms with E-state index in [1.807, 2.05) is 0 Å². The molecule has 0 aromatic heterocycles. The van der Waals surface area contributed by atoms with E-state index in [1.54, 1.807) is 0 Å². The van der Waals surface area contributed by atoms with Gasteiger partial charge >= 0.3 is 0 Å². The molecule has 0 saturated carbocycles. The van der Waals surface area contributed by atoms with Crippen LogP contribution in [-0.4, -0.2) is 19.0 Å². The SMILES string of the molecule is C[C@@H]1CO[C@@H](ON)C(ON)C1. The molecule has 0 aromatic rings. The molecule has 3 atom stereocenters. The first kappa shape index (κ1) is 8.89. The zero-order chi connectivity index (χ0) is 8.27. The summed E-state index contributed by atoms with van der Waals surface area (Å²) in [6.07, 6.45) is 0.0539. The highest BCUT2D eigenvalue weighted by atomic mass is 16.8. The summed E-state index contributed by atoms with van der Waals surface area (Å²) in [4.78, 5) is 9.15. The predicted octanol–water partition coefficient (Wildman–Crippen LogP) is -0.482. The number of rotatable bonds is 2. The van der Waals surface area contributed by atoms with Crippen LogP contribution in [0.4, 0.5) is 0 Å². The molecule has 1 saturated heterocycles. The van der Waals surface area contributed by atoms with Gasteiger partial charge in [0.2, 0.25) is 6.29 Å². The van der Waals surface area contributed by atoms with E-state index in [-0.39, 0.29) is 6.10 Å². The van der Waals surface area contributed by atoms with Crippen molar-refractivity contribution in [2.75, 3.05) is 6.61 Å². The minimum atomic E-state index is -0.517. The third-order valence-electron chi connectivity index (χ3n) is 1.79. The molecule has 1 rings (SSSR count). The van der Waals surface area contributed by atoms with Crippen molar-refractivity contribution in [1.82, 2.24) is 0 Å². The molecule has 5 heteroatoms. The summed E-state index contributed by atoms with van der Waals surface area (Å²) in [7, 11) is 0. The molecular weight excluding hydrogens is 148 g/mol. The normalized spacial score (nSPS) is 39.0. The summed E-state index contributed by atoms with van der Waals surface area (Å²) in [6.45, 7) is 2.69. The summed E-state index contributed by atoms with van der Waals surface area (Å²) in [5.41, 5.74) is 0. The molecule has 11 heavy (non-hydrogen) atoms. The van der Waals surface area contributed by atoms with Gasteiger partial charge in [-0.1, -0.05) is 6.92 Å². The Balaban J connectivity index is 2.41. The predicted molar refractivity (Wildman–Crippen MR) is 37.9 cm³/mol. The molecule has 0 spiro atoms. The first-order chi connectivity index (χ1) is 5.27. The van der Waals surface area contributed by atoms with Crippen LogP contribution in [0.25, 0.3) is 0 Å². The van der Waals surface area contributed by atoms with Crippen LogP contribution in [0.1, 0.15) is 13.3 Å². The molecule has 1 heterocycles. The lowest BCUT2D eigenvalue weighted by atomic mass is 10.0. The maximum Gasteiger partial charge on any atom is 0.205 e. The second-order valence-corrected chi connectivity index (χ2v) is 2.85. The lowest BCUT2D eigenvalue weighted by molar-refractivity contribution is -0.241. The molecule has 66 valence electrons. The van der Waals surface area contributed by atoms with E-state index < -0.39 is 6.29 Å². The van der Waals surface area contributed by atoms with E-state index in [0.717, 1.165) is 6.42 Å². The van der Waals surface area contributed by atoms with Gasteiger partial charge in [-0.2, -0.15) is 0 Å². The average Bonchev–Trinajstić information content (AvgIpc) is 2.04. The minimum absolute atomic E-state index is 0.247.